The molecule has 0 aromatic carbocycles. The molecular weight excluding hydrogens is 158 g/mol. The van der Waals surface area contributed by atoms with E-state index in [-0.39, 0.29) is 6.42 Å². The zero-order chi connectivity index (χ0) is 9.56. The van der Waals surface area contributed by atoms with Gasteiger partial charge in [0.1, 0.15) is 6.04 Å². The molecule has 0 heterocycles. The highest BCUT2D eigenvalue weighted by molar-refractivity contribution is 5.73. The van der Waals surface area contributed by atoms with Crippen LogP contribution in [-0.4, -0.2) is 24.2 Å². The smallest absolute Gasteiger partial charge is 0.320 e. The second-order valence-electron chi connectivity index (χ2n) is 2.23. The van der Waals surface area contributed by atoms with E-state index >= 15 is 0 Å². The Morgan fingerprint density at radius 3 is 2.67 bits per heavy atom. The Hall–Kier alpha value is -1.23. The number of hydrogen-bond acceptors (Lipinski definition) is 4. The fourth-order valence-corrected chi connectivity index (χ4v) is 0.657. The van der Waals surface area contributed by atoms with E-state index in [1.165, 1.54) is 7.05 Å². The Kier molecular flexibility index (Phi) is 4.87. The van der Waals surface area contributed by atoms with Crippen LogP contribution >= 0.6 is 0 Å². The predicted molar refractivity (Wildman–Crippen MR) is 44.8 cm³/mol. The average molecular weight is 171 g/mol. The Bertz CT molecular complexity index is 211. The normalized spacial score (nSPS) is 15.1. The first kappa shape index (κ1) is 10.8. The fraction of sp³-hybridized carbons (Fsp3) is 0.571. The molecule has 0 spiro atoms. The minimum atomic E-state index is -1.03. The molecule has 0 aliphatic heterocycles. The number of rotatable bonds is 4. The highest BCUT2D eigenvalue weighted by atomic mass is 16.4. The van der Waals surface area contributed by atoms with Crippen molar-refractivity contribution in [3.05, 3.63) is 11.8 Å². The number of nitrogens with zero attached hydrogens (tertiary/aromatic N) is 2. The highest BCUT2D eigenvalue weighted by Crippen LogP contribution is 2.05. The second-order valence-corrected chi connectivity index (χ2v) is 2.23. The minimum Gasteiger partial charge on any atom is -0.480 e. The number of allylic oxidation sites excluding steroid dienone is 1. The van der Waals surface area contributed by atoms with Crippen molar-refractivity contribution in [2.45, 2.75) is 19.4 Å². The van der Waals surface area contributed by atoms with Crippen LogP contribution in [0, 0.1) is 0 Å². The monoisotopic (exact) mass is 171 g/mol. The summed E-state index contributed by atoms with van der Waals surface area (Å²) in [6.07, 6.45) is 1.90. The molecule has 68 valence electrons. The molecule has 12 heavy (non-hydrogen) atoms. The molecule has 3 N–H and O–H groups in total. The molecule has 0 saturated heterocycles. The Balaban J connectivity index is 4.13. The summed E-state index contributed by atoms with van der Waals surface area (Å²) in [6, 6.07) is -0.901. The van der Waals surface area contributed by atoms with Gasteiger partial charge >= 0.3 is 5.97 Å². The van der Waals surface area contributed by atoms with Crippen LogP contribution in [0.1, 0.15) is 13.3 Å². The van der Waals surface area contributed by atoms with E-state index in [4.69, 9.17) is 10.8 Å². The van der Waals surface area contributed by atoms with Crippen LogP contribution in [-0.2, 0) is 4.79 Å². The van der Waals surface area contributed by atoms with Gasteiger partial charge in [-0.05, 0) is 6.92 Å². The van der Waals surface area contributed by atoms with Crippen molar-refractivity contribution in [1.82, 2.24) is 0 Å². The second kappa shape index (κ2) is 5.42. The molecule has 5 nitrogen and oxygen atoms in total. The average Bonchev–Trinajstić information content (AvgIpc) is 2.03. The first-order chi connectivity index (χ1) is 5.61. The van der Waals surface area contributed by atoms with E-state index in [2.05, 4.69) is 10.2 Å². The van der Waals surface area contributed by atoms with Gasteiger partial charge in [-0.15, -0.1) is 0 Å². The molecule has 0 aromatic rings. The molecule has 0 aliphatic carbocycles. The predicted octanol–water partition coefficient (Wildman–Crippen LogP) is 0.774. The quantitative estimate of drug-likeness (QED) is 0.612. The van der Waals surface area contributed by atoms with Gasteiger partial charge in [-0.3, -0.25) is 4.79 Å². The summed E-state index contributed by atoms with van der Waals surface area (Å²) in [7, 11) is 1.52. The summed E-state index contributed by atoms with van der Waals surface area (Å²) in [5.41, 5.74) is 5.87. The maximum Gasteiger partial charge on any atom is 0.320 e. The van der Waals surface area contributed by atoms with E-state index < -0.39 is 12.0 Å². The van der Waals surface area contributed by atoms with Gasteiger partial charge in [0.25, 0.3) is 0 Å². The summed E-state index contributed by atoms with van der Waals surface area (Å²) in [4.78, 5) is 10.3. The lowest BCUT2D eigenvalue weighted by molar-refractivity contribution is -0.138. The molecule has 1 atom stereocenters. The number of aliphatic carboxylic acids is 1. The van der Waals surface area contributed by atoms with E-state index in [9.17, 15) is 4.79 Å². The topological polar surface area (TPSA) is 88.0 Å². The van der Waals surface area contributed by atoms with Crippen LogP contribution in [0.3, 0.4) is 0 Å². The van der Waals surface area contributed by atoms with Crippen LogP contribution in [0.15, 0.2) is 22.0 Å². The fourth-order valence-electron chi connectivity index (χ4n) is 0.657. The molecule has 0 saturated carbocycles. The van der Waals surface area contributed by atoms with Crippen molar-refractivity contribution < 1.29 is 9.90 Å². The molecule has 0 radical (unpaired) electrons. The summed E-state index contributed by atoms with van der Waals surface area (Å²) in [5.74, 6) is -1.03. The van der Waals surface area contributed by atoms with Crippen molar-refractivity contribution in [1.29, 1.82) is 0 Å². The zero-order valence-electron chi connectivity index (χ0n) is 7.19. The Morgan fingerprint density at radius 2 is 2.33 bits per heavy atom. The van der Waals surface area contributed by atoms with Gasteiger partial charge < -0.3 is 10.8 Å². The zero-order valence-corrected chi connectivity index (χ0v) is 7.19. The highest BCUT2D eigenvalue weighted by Gasteiger charge is 2.12. The largest absolute Gasteiger partial charge is 0.480 e. The van der Waals surface area contributed by atoms with Crippen LogP contribution in [0.4, 0.5) is 0 Å². The van der Waals surface area contributed by atoms with Crippen LogP contribution in [0.5, 0.6) is 0 Å². The number of carboxylic acids is 1. The summed E-state index contributed by atoms with van der Waals surface area (Å²) in [5, 5.41) is 15.7. The van der Waals surface area contributed by atoms with Gasteiger partial charge in [0.05, 0.1) is 5.70 Å². The maximum atomic E-state index is 10.3. The Morgan fingerprint density at radius 1 is 1.75 bits per heavy atom. The van der Waals surface area contributed by atoms with Gasteiger partial charge in [0.2, 0.25) is 0 Å². The molecule has 1 unspecified atom stereocenters. The van der Waals surface area contributed by atoms with Crippen LogP contribution in [0.2, 0.25) is 0 Å². The Labute approximate surface area is 71.0 Å². The standard InChI is InChI=1S/C7H13N3O2/c1-3-5(10-9-2)4-6(8)7(11)12/h3,6H,4,8H2,1-2H3,(H,11,12)/b5-3-,10-9?. The lowest BCUT2D eigenvalue weighted by atomic mass is 10.2. The van der Waals surface area contributed by atoms with Crippen molar-refractivity contribution in [3.63, 3.8) is 0 Å². The summed E-state index contributed by atoms with van der Waals surface area (Å²) < 4.78 is 0. The van der Waals surface area contributed by atoms with E-state index in [0.717, 1.165) is 0 Å². The number of azo groups is 1. The third-order valence-corrected chi connectivity index (χ3v) is 1.31. The van der Waals surface area contributed by atoms with E-state index in [0.29, 0.717) is 5.70 Å². The molecule has 5 heteroatoms. The molecule has 0 aromatic heterocycles. The molecule has 0 amide bonds. The third-order valence-electron chi connectivity index (χ3n) is 1.31. The summed E-state index contributed by atoms with van der Waals surface area (Å²) in [6.45, 7) is 1.76. The molecular formula is C7H13N3O2. The third kappa shape index (κ3) is 3.82. The van der Waals surface area contributed by atoms with Gasteiger partial charge in [0.15, 0.2) is 0 Å². The summed E-state index contributed by atoms with van der Waals surface area (Å²) >= 11 is 0. The first-order valence-corrected chi connectivity index (χ1v) is 3.55. The lowest BCUT2D eigenvalue weighted by Crippen LogP contribution is -2.30. The molecule has 0 bridgehead atoms. The van der Waals surface area contributed by atoms with Crippen molar-refractivity contribution in [2.24, 2.45) is 16.0 Å². The van der Waals surface area contributed by atoms with Crippen LogP contribution in [0.25, 0.3) is 0 Å². The van der Waals surface area contributed by atoms with Crippen molar-refractivity contribution in [3.8, 4) is 0 Å². The molecule has 0 rings (SSSR count). The van der Waals surface area contributed by atoms with Crippen molar-refractivity contribution in [2.75, 3.05) is 7.05 Å². The van der Waals surface area contributed by atoms with Crippen molar-refractivity contribution >= 4 is 5.97 Å². The first-order valence-electron chi connectivity index (χ1n) is 3.55. The van der Waals surface area contributed by atoms with Gasteiger partial charge in [-0.1, -0.05) is 6.08 Å². The number of carboxylic acid groups (broad SMARTS) is 1. The lowest BCUT2D eigenvalue weighted by Gasteiger charge is -2.04. The number of hydrogen-bond donors (Lipinski definition) is 2. The SMILES string of the molecule is C/C=C(/CC(N)C(=O)O)N=NC. The van der Waals surface area contributed by atoms with Crippen LogP contribution < -0.4 is 5.73 Å². The number of nitrogens with two attached hydrogens (primary N) is 1. The van der Waals surface area contributed by atoms with E-state index in [1.807, 2.05) is 0 Å². The minimum absolute atomic E-state index is 0.211. The maximum absolute atomic E-state index is 10.3. The van der Waals surface area contributed by atoms with Gasteiger partial charge in [-0.2, -0.15) is 10.2 Å². The molecule has 0 aliphatic rings. The number of carbonyl (C=O) groups is 1. The van der Waals surface area contributed by atoms with Gasteiger partial charge in [-0.25, -0.2) is 0 Å². The molecule has 0 fully saturated rings. The van der Waals surface area contributed by atoms with E-state index in [1.54, 1.807) is 13.0 Å². The van der Waals surface area contributed by atoms with Gasteiger partial charge in [0, 0.05) is 13.5 Å².